The number of hydrogen-bond acceptors (Lipinski definition) is 4. The lowest BCUT2D eigenvalue weighted by Crippen LogP contribution is -2.52. The van der Waals surface area contributed by atoms with E-state index in [2.05, 4.69) is 51.5 Å². The molecule has 1 amide bonds. The first kappa shape index (κ1) is 20.1. The molecule has 0 bridgehead atoms. The number of methoxy groups -OCH3 is 1. The Balaban J connectivity index is 1.46. The zero-order chi connectivity index (χ0) is 19.8. The summed E-state index contributed by atoms with van der Waals surface area (Å²) in [4.78, 5) is 17.3. The van der Waals surface area contributed by atoms with Crippen molar-refractivity contribution in [3.8, 4) is 5.75 Å². The van der Waals surface area contributed by atoms with Crippen molar-refractivity contribution < 1.29 is 9.53 Å². The van der Waals surface area contributed by atoms with Crippen LogP contribution in [0.5, 0.6) is 5.75 Å². The molecule has 1 N–H and O–H groups in total. The van der Waals surface area contributed by atoms with E-state index in [1.807, 2.05) is 37.3 Å². The summed E-state index contributed by atoms with van der Waals surface area (Å²) < 4.78 is 5.31. The van der Waals surface area contributed by atoms with E-state index >= 15 is 0 Å². The molecule has 1 saturated heterocycles. The van der Waals surface area contributed by atoms with Gasteiger partial charge in [0.1, 0.15) is 5.75 Å². The van der Waals surface area contributed by atoms with Crippen molar-refractivity contribution in [2.24, 2.45) is 0 Å². The van der Waals surface area contributed by atoms with Gasteiger partial charge in [-0.1, -0.05) is 54.6 Å². The van der Waals surface area contributed by atoms with Crippen LogP contribution in [0, 0.1) is 0 Å². The average molecular weight is 380 g/mol. The third-order valence-corrected chi connectivity index (χ3v) is 5.17. The highest BCUT2D eigenvalue weighted by atomic mass is 16.5. The maximum Gasteiger partial charge on any atom is 0.241 e. The Kier molecular flexibility index (Phi) is 7.23. The van der Waals surface area contributed by atoms with Gasteiger partial charge in [0.05, 0.1) is 18.8 Å². The Morgan fingerprint density at radius 2 is 1.75 bits per heavy atom. The van der Waals surface area contributed by atoms with Gasteiger partial charge >= 0.3 is 0 Å². The second-order valence-corrected chi connectivity index (χ2v) is 7.02. The SMILES string of the molecule is COc1ccccc1NC(=O)[C@H](C)N1CCN(C/C=C/c2ccccc2)CC1. The molecule has 28 heavy (non-hydrogen) atoms. The average Bonchev–Trinajstić information content (AvgIpc) is 2.75. The van der Waals surface area contributed by atoms with E-state index in [4.69, 9.17) is 4.74 Å². The van der Waals surface area contributed by atoms with Crippen molar-refractivity contribution in [1.82, 2.24) is 9.80 Å². The highest BCUT2D eigenvalue weighted by Gasteiger charge is 2.25. The van der Waals surface area contributed by atoms with Crippen LogP contribution in [-0.4, -0.2) is 61.6 Å². The second kappa shape index (κ2) is 10.1. The fourth-order valence-electron chi connectivity index (χ4n) is 3.39. The monoisotopic (exact) mass is 379 g/mol. The van der Waals surface area contributed by atoms with Crippen molar-refractivity contribution in [2.45, 2.75) is 13.0 Å². The summed E-state index contributed by atoms with van der Waals surface area (Å²) in [6.45, 7) is 6.61. The van der Waals surface area contributed by atoms with Crippen molar-refractivity contribution in [2.75, 3.05) is 45.2 Å². The van der Waals surface area contributed by atoms with Gasteiger partial charge in [0.25, 0.3) is 0 Å². The quantitative estimate of drug-likeness (QED) is 0.801. The first-order valence-electron chi connectivity index (χ1n) is 9.79. The second-order valence-electron chi connectivity index (χ2n) is 7.02. The number of carbonyl (C=O) groups is 1. The van der Waals surface area contributed by atoms with Crippen LogP contribution in [0.1, 0.15) is 12.5 Å². The fraction of sp³-hybridized carbons (Fsp3) is 0.348. The Bertz CT molecular complexity index is 783. The minimum Gasteiger partial charge on any atom is -0.495 e. The Hall–Kier alpha value is -2.63. The molecule has 2 aromatic carbocycles. The zero-order valence-electron chi connectivity index (χ0n) is 16.7. The van der Waals surface area contributed by atoms with Gasteiger partial charge in [0.15, 0.2) is 0 Å². The smallest absolute Gasteiger partial charge is 0.241 e. The molecule has 3 rings (SSSR count). The molecule has 1 aliphatic rings. The maximum atomic E-state index is 12.7. The molecule has 5 heteroatoms. The summed E-state index contributed by atoms with van der Waals surface area (Å²) >= 11 is 0. The van der Waals surface area contributed by atoms with E-state index in [1.54, 1.807) is 7.11 Å². The van der Waals surface area contributed by atoms with Gasteiger partial charge in [-0.15, -0.1) is 0 Å². The number of ether oxygens (including phenoxy) is 1. The van der Waals surface area contributed by atoms with Crippen molar-refractivity contribution in [1.29, 1.82) is 0 Å². The van der Waals surface area contributed by atoms with Gasteiger partial charge in [-0.2, -0.15) is 0 Å². The van der Waals surface area contributed by atoms with Crippen LogP contribution in [0.25, 0.3) is 6.08 Å². The van der Waals surface area contributed by atoms with Crippen molar-refractivity contribution >= 4 is 17.7 Å². The van der Waals surface area contributed by atoms with Crippen LogP contribution < -0.4 is 10.1 Å². The van der Waals surface area contributed by atoms with Gasteiger partial charge in [-0.05, 0) is 24.6 Å². The predicted molar refractivity (Wildman–Crippen MR) is 115 cm³/mol. The minimum absolute atomic E-state index is 0.00178. The van der Waals surface area contributed by atoms with E-state index in [0.717, 1.165) is 32.7 Å². The van der Waals surface area contributed by atoms with E-state index < -0.39 is 0 Å². The first-order valence-corrected chi connectivity index (χ1v) is 9.79. The summed E-state index contributed by atoms with van der Waals surface area (Å²) in [5, 5.41) is 2.99. The van der Waals surface area contributed by atoms with Gasteiger partial charge in [0.2, 0.25) is 5.91 Å². The molecule has 0 unspecified atom stereocenters. The molecule has 1 aliphatic heterocycles. The molecular weight excluding hydrogens is 350 g/mol. The highest BCUT2D eigenvalue weighted by Crippen LogP contribution is 2.23. The zero-order valence-corrected chi connectivity index (χ0v) is 16.7. The van der Waals surface area contributed by atoms with Crippen LogP contribution >= 0.6 is 0 Å². The van der Waals surface area contributed by atoms with E-state index in [0.29, 0.717) is 11.4 Å². The van der Waals surface area contributed by atoms with Crippen LogP contribution in [0.2, 0.25) is 0 Å². The number of rotatable bonds is 7. The van der Waals surface area contributed by atoms with E-state index in [1.165, 1.54) is 5.56 Å². The topological polar surface area (TPSA) is 44.8 Å². The molecular formula is C23H29N3O2. The Morgan fingerprint density at radius 1 is 1.07 bits per heavy atom. The normalized spacial score (nSPS) is 16.8. The lowest BCUT2D eigenvalue weighted by molar-refractivity contribution is -0.121. The van der Waals surface area contributed by atoms with Crippen molar-refractivity contribution in [3.63, 3.8) is 0 Å². The third kappa shape index (κ3) is 5.44. The maximum absolute atomic E-state index is 12.7. The number of piperazine rings is 1. The Morgan fingerprint density at radius 3 is 2.46 bits per heavy atom. The van der Waals surface area contributed by atoms with Crippen LogP contribution in [0.15, 0.2) is 60.7 Å². The Labute approximate surface area is 167 Å². The van der Waals surface area contributed by atoms with Crippen molar-refractivity contribution in [3.05, 3.63) is 66.2 Å². The lowest BCUT2D eigenvalue weighted by atomic mass is 10.2. The summed E-state index contributed by atoms with van der Waals surface area (Å²) in [7, 11) is 1.61. The molecule has 2 aromatic rings. The van der Waals surface area contributed by atoms with Crippen LogP contribution in [0.4, 0.5) is 5.69 Å². The third-order valence-electron chi connectivity index (χ3n) is 5.17. The number of benzene rings is 2. The van der Waals surface area contributed by atoms with Gasteiger partial charge in [-0.25, -0.2) is 0 Å². The van der Waals surface area contributed by atoms with E-state index in [9.17, 15) is 4.79 Å². The van der Waals surface area contributed by atoms with Crippen LogP contribution in [-0.2, 0) is 4.79 Å². The number of carbonyl (C=O) groups excluding carboxylic acids is 1. The molecule has 1 fully saturated rings. The summed E-state index contributed by atoms with van der Waals surface area (Å²) in [6, 6.07) is 17.7. The molecule has 1 heterocycles. The first-order chi connectivity index (χ1) is 13.7. The molecule has 5 nitrogen and oxygen atoms in total. The number of nitrogens with one attached hydrogen (secondary N) is 1. The largest absolute Gasteiger partial charge is 0.495 e. The summed E-state index contributed by atoms with van der Waals surface area (Å²) in [6.07, 6.45) is 4.37. The molecule has 0 radical (unpaired) electrons. The number of para-hydroxylation sites is 2. The minimum atomic E-state index is -0.174. The highest BCUT2D eigenvalue weighted by molar-refractivity contribution is 5.95. The summed E-state index contributed by atoms with van der Waals surface area (Å²) in [5.74, 6) is 0.681. The molecule has 148 valence electrons. The molecule has 0 spiro atoms. The van der Waals surface area contributed by atoms with Gasteiger partial charge < -0.3 is 10.1 Å². The number of nitrogens with zero attached hydrogens (tertiary/aromatic N) is 2. The molecule has 0 aromatic heterocycles. The predicted octanol–water partition coefficient (Wildman–Crippen LogP) is 3.35. The molecule has 0 saturated carbocycles. The number of amides is 1. The van der Waals surface area contributed by atoms with E-state index in [-0.39, 0.29) is 11.9 Å². The standard InChI is InChI=1S/C23H29N3O2/c1-19(23(27)24-21-12-6-7-13-22(21)28-2)26-17-15-25(16-18-26)14-8-11-20-9-4-3-5-10-20/h3-13,19H,14-18H2,1-2H3,(H,24,27)/b11-8+/t19-/m0/s1. The number of hydrogen-bond donors (Lipinski definition) is 1. The molecule has 0 aliphatic carbocycles. The van der Waals surface area contributed by atoms with Crippen LogP contribution in [0.3, 0.4) is 0 Å². The molecule has 1 atom stereocenters. The van der Waals surface area contributed by atoms with Gasteiger partial charge in [-0.3, -0.25) is 14.6 Å². The van der Waals surface area contributed by atoms with Gasteiger partial charge in [0, 0.05) is 32.7 Å². The lowest BCUT2D eigenvalue weighted by Gasteiger charge is -2.37. The fourth-order valence-corrected chi connectivity index (χ4v) is 3.39. The summed E-state index contributed by atoms with van der Waals surface area (Å²) in [5.41, 5.74) is 1.94. The number of anilines is 1.